The molecule has 4 heteroatoms. The maximum Gasteiger partial charge on any atom is 0.175 e. The molecule has 1 rings (SSSR count). The largest absolute Gasteiger partial charge is 0.310 e. The van der Waals surface area contributed by atoms with Gasteiger partial charge in [0.25, 0.3) is 0 Å². The second-order valence-electron chi connectivity index (χ2n) is 4.42. The Morgan fingerprint density at radius 1 is 1.37 bits per heavy atom. The van der Waals surface area contributed by atoms with Gasteiger partial charge < -0.3 is 5.32 Å². The van der Waals surface area contributed by atoms with Crippen molar-refractivity contribution in [3.63, 3.8) is 0 Å². The summed E-state index contributed by atoms with van der Waals surface area (Å²) in [5.74, 6) is 5.92. The zero-order chi connectivity index (χ0) is 14.3. The van der Waals surface area contributed by atoms with Crippen LogP contribution in [-0.2, 0) is 9.84 Å². The molecule has 0 amide bonds. The number of benzene rings is 1. The van der Waals surface area contributed by atoms with E-state index in [0.717, 1.165) is 24.9 Å². The Hall–Kier alpha value is -1.31. The summed E-state index contributed by atoms with van der Waals surface area (Å²) >= 11 is 0. The van der Waals surface area contributed by atoms with Gasteiger partial charge in [-0.25, -0.2) is 8.42 Å². The smallest absolute Gasteiger partial charge is 0.175 e. The summed E-state index contributed by atoms with van der Waals surface area (Å²) < 4.78 is 23.2. The van der Waals surface area contributed by atoms with Crippen molar-refractivity contribution in [2.75, 3.05) is 12.8 Å². The first-order valence-corrected chi connectivity index (χ1v) is 8.31. The molecule has 0 fully saturated rings. The van der Waals surface area contributed by atoms with Gasteiger partial charge in [-0.2, -0.15) is 0 Å². The molecule has 104 valence electrons. The standard InChI is InChI=1S/C15H21NO2S/c1-4-6-7-11-15(16-5-2)13-9-8-10-14(12-13)19(3,17)18/h8-10,12,15-16H,5,7,11H2,1-3H3. The van der Waals surface area contributed by atoms with Crippen LogP contribution in [0.4, 0.5) is 0 Å². The second kappa shape index (κ2) is 7.32. The third-order valence-corrected chi connectivity index (χ3v) is 3.98. The minimum absolute atomic E-state index is 0.146. The topological polar surface area (TPSA) is 46.2 Å². The van der Waals surface area contributed by atoms with Crippen LogP contribution in [0.3, 0.4) is 0 Å². The van der Waals surface area contributed by atoms with Gasteiger partial charge in [-0.05, 0) is 37.6 Å². The van der Waals surface area contributed by atoms with E-state index in [-0.39, 0.29) is 6.04 Å². The van der Waals surface area contributed by atoms with Gasteiger partial charge in [0.05, 0.1) is 4.90 Å². The van der Waals surface area contributed by atoms with Crippen LogP contribution in [0.2, 0.25) is 0 Å². The van der Waals surface area contributed by atoms with Crippen LogP contribution < -0.4 is 5.32 Å². The van der Waals surface area contributed by atoms with E-state index in [1.165, 1.54) is 6.26 Å². The third kappa shape index (κ3) is 5.06. The quantitative estimate of drug-likeness (QED) is 0.814. The SMILES string of the molecule is CC#CCCC(NCC)c1cccc(S(C)(=O)=O)c1. The van der Waals surface area contributed by atoms with Crippen LogP contribution in [-0.4, -0.2) is 21.2 Å². The predicted molar refractivity (Wildman–Crippen MR) is 78.7 cm³/mol. The molecule has 0 spiro atoms. The van der Waals surface area contributed by atoms with Gasteiger partial charge in [-0.1, -0.05) is 19.1 Å². The molecular formula is C15H21NO2S. The molecule has 0 saturated carbocycles. The van der Waals surface area contributed by atoms with E-state index in [1.807, 2.05) is 19.9 Å². The number of sulfone groups is 1. The molecule has 0 radical (unpaired) electrons. The highest BCUT2D eigenvalue weighted by Gasteiger charge is 2.13. The number of hydrogen-bond donors (Lipinski definition) is 1. The zero-order valence-corrected chi connectivity index (χ0v) is 12.5. The van der Waals surface area contributed by atoms with E-state index in [0.29, 0.717) is 4.90 Å². The molecule has 1 atom stereocenters. The summed E-state index contributed by atoms with van der Waals surface area (Å²) in [5.41, 5.74) is 1.00. The monoisotopic (exact) mass is 279 g/mol. The Morgan fingerprint density at radius 2 is 2.11 bits per heavy atom. The lowest BCUT2D eigenvalue weighted by Gasteiger charge is -2.17. The molecule has 19 heavy (non-hydrogen) atoms. The maximum absolute atomic E-state index is 11.6. The Bertz CT molecular complexity index is 567. The Morgan fingerprint density at radius 3 is 2.68 bits per heavy atom. The molecular weight excluding hydrogens is 258 g/mol. The highest BCUT2D eigenvalue weighted by Crippen LogP contribution is 2.21. The van der Waals surface area contributed by atoms with E-state index < -0.39 is 9.84 Å². The van der Waals surface area contributed by atoms with Crippen LogP contribution in [0.1, 0.15) is 38.3 Å². The molecule has 1 N–H and O–H groups in total. The highest BCUT2D eigenvalue weighted by molar-refractivity contribution is 7.90. The second-order valence-corrected chi connectivity index (χ2v) is 6.44. The first-order chi connectivity index (χ1) is 8.99. The Labute approximate surface area is 116 Å². The number of hydrogen-bond acceptors (Lipinski definition) is 3. The van der Waals surface area contributed by atoms with Gasteiger partial charge in [0.15, 0.2) is 9.84 Å². The lowest BCUT2D eigenvalue weighted by atomic mass is 10.0. The van der Waals surface area contributed by atoms with E-state index >= 15 is 0 Å². The van der Waals surface area contributed by atoms with E-state index in [2.05, 4.69) is 17.2 Å². The molecule has 0 aromatic heterocycles. The highest BCUT2D eigenvalue weighted by atomic mass is 32.2. The molecule has 0 aliphatic heterocycles. The van der Waals surface area contributed by atoms with E-state index in [1.54, 1.807) is 18.2 Å². The van der Waals surface area contributed by atoms with Crippen molar-refractivity contribution in [2.24, 2.45) is 0 Å². The summed E-state index contributed by atoms with van der Waals surface area (Å²) in [4.78, 5) is 0.370. The third-order valence-electron chi connectivity index (χ3n) is 2.87. The molecule has 1 unspecified atom stereocenters. The zero-order valence-electron chi connectivity index (χ0n) is 11.7. The van der Waals surface area contributed by atoms with Crippen molar-refractivity contribution in [1.82, 2.24) is 5.32 Å². The van der Waals surface area contributed by atoms with Crippen LogP contribution in [0.25, 0.3) is 0 Å². The summed E-state index contributed by atoms with van der Waals surface area (Å²) in [5, 5.41) is 3.37. The molecule has 3 nitrogen and oxygen atoms in total. The van der Waals surface area contributed by atoms with Gasteiger partial charge >= 0.3 is 0 Å². The fourth-order valence-electron chi connectivity index (χ4n) is 1.94. The van der Waals surface area contributed by atoms with Gasteiger partial charge in [0.2, 0.25) is 0 Å². The van der Waals surface area contributed by atoms with Crippen LogP contribution in [0.5, 0.6) is 0 Å². The first kappa shape index (κ1) is 15.7. The van der Waals surface area contributed by atoms with Crippen molar-refractivity contribution < 1.29 is 8.42 Å². The van der Waals surface area contributed by atoms with Crippen LogP contribution >= 0.6 is 0 Å². The Balaban J connectivity index is 2.97. The lowest BCUT2D eigenvalue weighted by molar-refractivity contribution is 0.521. The van der Waals surface area contributed by atoms with Crippen molar-refractivity contribution >= 4 is 9.84 Å². The lowest BCUT2D eigenvalue weighted by Crippen LogP contribution is -2.21. The summed E-state index contributed by atoms with van der Waals surface area (Å²) in [7, 11) is -3.15. The van der Waals surface area contributed by atoms with Crippen molar-refractivity contribution in [3.8, 4) is 11.8 Å². The van der Waals surface area contributed by atoms with E-state index in [4.69, 9.17) is 0 Å². The molecule has 0 bridgehead atoms. The Kier molecular flexibility index (Phi) is 6.07. The minimum atomic E-state index is -3.15. The molecule has 0 aliphatic carbocycles. The molecule has 0 saturated heterocycles. The molecule has 1 aromatic rings. The minimum Gasteiger partial charge on any atom is -0.310 e. The average molecular weight is 279 g/mol. The van der Waals surface area contributed by atoms with Crippen molar-refractivity contribution in [3.05, 3.63) is 29.8 Å². The molecule has 0 heterocycles. The fraction of sp³-hybridized carbons (Fsp3) is 0.467. The summed E-state index contributed by atoms with van der Waals surface area (Å²) in [6, 6.07) is 7.28. The van der Waals surface area contributed by atoms with E-state index in [9.17, 15) is 8.42 Å². The van der Waals surface area contributed by atoms with Gasteiger partial charge in [-0.3, -0.25) is 0 Å². The summed E-state index contributed by atoms with van der Waals surface area (Å²) in [6.45, 7) is 4.71. The van der Waals surface area contributed by atoms with Crippen molar-refractivity contribution in [1.29, 1.82) is 0 Å². The molecule has 1 aromatic carbocycles. The number of nitrogens with one attached hydrogen (secondary N) is 1. The first-order valence-electron chi connectivity index (χ1n) is 6.42. The van der Waals surface area contributed by atoms with Gasteiger partial charge in [-0.15, -0.1) is 11.8 Å². The normalized spacial score (nSPS) is 12.6. The van der Waals surface area contributed by atoms with Crippen LogP contribution in [0.15, 0.2) is 29.2 Å². The predicted octanol–water partition coefficient (Wildman–Crippen LogP) is 2.54. The average Bonchev–Trinajstić information content (AvgIpc) is 2.37. The van der Waals surface area contributed by atoms with Gasteiger partial charge in [0.1, 0.15) is 0 Å². The molecule has 0 aliphatic rings. The number of rotatable bonds is 6. The summed E-state index contributed by atoms with van der Waals surface area (Å²) in [6.07, 6.45) is 2.91. The van der Waals surface area contributed by atoms with Gasteiger partial charge in [0, 0.05) is 18.7 Å². The van der Waals surface area contributed by atoms with Crippen LogP contribution in [0, 0.1) is 11.8 Å². The maximum atomic E-state index is 11.6. The van der Waals surface area contributed by atoms with Crippen molar-refractivity contribution in [2.45, 2.75) is 37.6 Å². The fourth-order valence-corrected chi connectivity index (χ4v) is 2.61.